The van der Waals surface area contributed by atoms with E-state index in [1.165, 1.54) is 44.1 Å². The van der Waals surface area contributed by atoms with E-state index in [1.807, 2.05) is 26.0 Å². The van der Waals surface area contributed by atoms with Gasteiger partial charge in [0.05, 0.1) is 12.0 Å². The Morgan fingerprint density at radius 1 is 1.04 bits per heavy atom. The Balaban J connectivity index is 1.47. The van der Waals surface area contributed by atoms with Crippen molar-refractivity contribution in [2.24, 2.45) is 23.7 Å². The third kappa shape index (κ3) is 3.63. The number of hydrogen-bond donors (Lipinski definition) is 1. The average molecular weight is 368 g/mol. The average Bonchev–Trinajstić information content (AvgIpc) is 2.59. The molecule has 1 N–H and O–H groups in total. The van der Waals surface area contributed by atoms with E-state index in [9.17, 15) is 14.7 Å². The van der Waals surface area contributed by atoms with Gasteiger partial charge in [-0.3, -0.25) is 4.79 Å². The van der Waals surface area contributed by atoms with Crippen LogP contribution < -0.4 is 10.4 Å². The van der Waals surface area contributed by atoms with E-state index in [1.54, 1.807) is 0 Å². The van der Waals surface area contributed by atoms with Crippen molar-refractivity contribution in [1.29, 1.82) is 0 Å². The number of hydrogen-bond acceptors (Lipinski definition) is 3. The molecular formula is C23H30NO3-. The fourth-order valence-electron chi connectivity index (χ4n) is 6.37. The van der Waals surface area contributed by atoms with Gasteiger partial charge in [0.15, 0.2) is 0 Å². The predicted molar refractivity (Wildman–Crippen MR) is 102 cm³/mol. The van der Waals surface area contributed by atoms with Gasteiger partial charge < -0.3 is 15.2 Å². The highest BCUT2D eigenvalue weighted by atomic mass is 16.4. The number of carboxylic acids is 1. The van der Waals surface area contributed by atoms with Crippen molar-refractivity contribution in [2.45, 2.75) is 70.3 Å². The number of amides is 1. The summed E-state index contributed by atoms with van der Waals surface area (Å²) in [5, 5.41) is 13.9. The Morgan fingerprint density at radius 3 is 2.00 bits per heavy atom. The zero-order valence-corrected chi connectivity index (χ0v) is 16.4. The Bertz CT molecular complexity index is 686. The molecule has 4 fully saturated rings. The van der Waals surface area contributed by atoms with Gasteiger partial charge in [-0.25, -0.2) is 0 Å². The lowest BCUT2D eigenvalue weighted by Crippen LogP contribution is -2.49. The number of rotatable bonds is 6. The summed E-state index contributed by atoms with van der Waals surface area (Å²) in [6.07, 6.45) is 8.52. The zero-order valence-electron chi connectivity index (χ0n) is 16.4. The van der Waals surface area contributed by atoms with Crippen molar-refractivity contribution in [2.75, 3.05) is 0 Å². The third-order valence-electron chi connectivity index (χ3n) is 7.09. The minimum atomic E-state index is -1.22. The summed E-state index contributed by atoms with van der Waals surface area (Å²) < 4.78 is 0. The quantitative estimate of drug-likeness (QED) is 0.839. The van der Waals surface area contributed by atoms with Crippen LogP contribution in [0.15, 0.2) is 24.3 Å². The molecule has 1 atom stereocenters. The molecule has 4 bridgehead atoms. The van der Waals surface area contributed by atoms with Gasteiger partial charge in [0.25, 0.3) is 5.91 Å². The second kappa shape index (κ2) is 6.96. The molecule has 27 heavy (non-hydrogen) atoms. The molecule has 0 aromatic heterocycles. The Kier molecular flexibility index (Phi) is 4.77. The fourth-order valence-corrected chi connectivity index (χ4v) is 6.37. The molecule has 0 radical (unpaired) electrons. The maximum atomic E-state index is 12.5. The first kappa shape index (κ1) is 18.5. The highest BCUT2D eigenvalue weighted by Crippen LogP contribution is 2.60. The number of benzene rings is 1. The van der Waals surface area contributed by atoms with E-state index in [4.69, 9.17) is 0 Å². The van der Waals surface area contributed by atoms with Gasteiger partial charge in [-0.05, 0) is 91.7 Å². The van der Waals surface area contributed by atoms with Crippen molar-refractivity contribution >= 4 is 11.9 Å². The van der Waals surface area contributed by atoms with Crippen LogP contribution in [-0.2, 0) is 10.2 Å². The summed E-state index contributed by atoms with van der Waals surface area (Å²) in [6, 6.07) is 7.01. The fraction of sp³-hybridized carbons (Fsp3) is 0.652. The first-order chi connectivity index (χ1) is 12.8. The van der Waals surface area contributed by atoms with Crippen LogP contribution in [0.3, 0.4) is 0 Å². The molecule has 1 aromatic carbocycles. The molecule has 4 nitrogen and oxygen atoms in total. The lowest BCUT2D eigenvalue weighted by atomic mass is 9.48. The maximum Gasteiger partial charge on any atom is 0.251 e. The number of carbonyl (C=O) groups is 2. The molecule has 5 rings (SSSR count). The summed E-state index contributed by atoms with van der Waals surface area (Å²) in [5.74, 6) is 1.29. The van der Waals surface area contributed by atoms with Gasteiger partial charge in [-0.15, -0.1) is 0 Å². The normalized spacial score (nSPS) is 32.5. The molecule has 0 unspecified atom stereocenters. The lowest BCUT2D eigenvalue weighted by Gasteiger charge is -2.57. The van der Waals surface area contributed by atoms with Crippen molar-refractivity contribution in [3.8, 4) is 0 Å². The molecule has 146 valence electrons. The third-order valence-corrected chi connectivity index (χ3v) is 7.09. The van der Waals surface area contributed by atoms with Crippen LogP contribution in [0.4, 0.5) is 0 Å². The van der Waals surface area contributed by atoms with Crippen LogP contribution in [0.5, 0.6) is 0 Å². The molecule has 1 amide bonds. The largest absolute Gasteiger partial charge is 0.548 e. The van der Waals surface area contributed by atoms with Crippen LogP contribution >= 0.6 is 0 Å². The summed E-state index contributed by atoms with van der Waals surface area (Å²) in [4.78, 5) is 23.8. The number of aliphatic carboxylic acids is 1. The Labute approximate surface area is 161 Å². The molecule has 4 saturated carbocycles. The number of carbonyl (C=O) groups excluding carboxylic acids is 2. The van der Waals surface area contributed by atoms with E-state index < -0.39 is 12.0 Å². The van der Waals surface area contributed by atoms with Crippen LogP contribution in [0.1, 0.15) is 74.7 Å². The molecule has 1 aromatic rings. The van der Waals surface area contributed by atoms with Crippen molar-refractivity contribution < 1.29 is 14.7 Å². The van der Waals surface area contributed by atoms with E-state index in [0.717, 1.165) is 17.8 Å². The van der Waals surface area contributed by atoms with Crippen LogP contribution in [0.25, 0.3) is 0 Å². The molecule has 0 heterocycles. The van der Waals surface area contributed by atoms with Gasteiger partial charge in [0, 0.05) is 5.56 Å². The van der Waals surface area contributed by atoms with Gasteiger partial charge in [-0.1, -0.05) is 26.0 Å². The minimum Gasteiger partial charge on any atom is -0.548 e. The summed E-state index contributed by atoms with van der Waals surface area (Å²) in [7, 11) is 0. The lowest BCUT2D eigenvalue weighted by molar-refractivity contribution is -0.308. The number of nitrogens with one attached hydrogen (secondary N) is 1. The van der Waals surface area contributed by atoms with Gasteiger partial charge in [-0.2, -0.15) is 0 Å². The smallest absolute Gasteiger partial charge is 0.251 e. The second-order valence-corrected chi connectivity index (χ2v) is 9.75. The van der Waals surface area contributed by atoms with E-state index in [-0.39, 0.29) is 11.8 Å². The van der Waals surface area contributed by atoms with Crippen LogP contribution in [0.2, 0.25) is 0 Å². The van der Waals surface area contributed by atoms with E-state index >= 15 is 0 Å². The molecule has 0 aliphatic heterocycles. The topological polar surface area (TPSA) is 69.2 Å². The zero-order chi connectivity index (χ0) is 19.2. The van der Waals surface area contributed by atoms with Gasteiger partial charge in [0.1, 0.15) is 0 Å². The molecular weight excluding hydrogens is 338 g/mol. The van der Waals surface area contributed by atoms with Crippen LogP contribution in [-0.4, -0.2) is 17.9 Å². The minimum absolute atomic E-state index is 0.173. The molecule has 4 heteroatoms. The summed E-state index contributed by atoms with van der Waals surface area (Å²) in [6.45, 7) is 3.87. The van der Waals surface area contributed by atoms with Gasteiger partial charge >= 0.3 is 0 Å². The molecule has 4 aliphatic carbocycles. The summed E-state index contributed by atoms with van der Waals surface area (Å²) >= 11 is 0. The predicted octanol–water partition coefficient (Wildman–Crippen LogP) is 3.05. The maximum absolute atomic E-state index is 12.5. The van der Waals surface area contributed by atoms with Crippen molar-refractivity contribution in [1.82, 2.24) is 5.32 Å². The highest BCUT2D eigenvalue weighted by Gasteiger charge is 2.51. The molecule has 0 spiro atoms. The molecule has 0 saturated heterocycles. The molecule has 4 aliphatic rings. The van der Waals surface area contributed by atoms with E-state index in [0.29, 0.717) is 17.4 Å². The standard InChI is InChI=1S/C23H31NO3/c1-14(2)7-20(22(26)27)24-21(25)18-3-5-19(6-4-18)23-11-15-8-16(12-23)10-17(9-15)13-23/h3-6,14-17,20H,7-13H2,1-2H3,(H,24,25)(H,26,27)/p-1/t15?,16?,17?,20-,23?/m0/s1. The van der Waals surface area contributed by atoms with Crippen molar-refractivity contribution in [3.63, 3.8) is 0 Å². The summed E-state index contributed by atoms with van der Waals surface area (Å²) in [5.41, 5.74) is 2.21. The monoisotopic (exact) mass is 368 g/mol. The SMILES string of the molecule is CC(C)C[C@H](NC(=O)c1ccc(C23CC4CC(CC(C4)C2)C3)cc1)C(=O)[O-]. The van der Waals surface area contributed by atoms with Crippen LogP contribution in [0, 0.1) is 23.7 Å². The highest BCUT2D eigenvalue weighted by molar-refractivity contribution is 5.96. The van der Waals surface area contributed by atoms with Gasteiger partial charge in [0.2, 0.25) is 0 Å². The first-order valence-electron chi connectivity index (χ1n) is 10.5. The first-order valence-corrected chi connectivity index (χ1v) is 10.5. The Hall–Kier alpha value is -1.84. The second-order valence-electron chi connectivity index (χ2n) is 9.75. The Morgan fingerprint density at radius 2 is 1.56 bits per heavy atom. The van der Waals surface area contributed by atoms with E-state index in [2.05, 4.69) is 17.4 Å². The number of carboxylic acid groups (broad SMARTS) is 1. The van der Waals surface area contributed by atoms with Crippen molar-refractivity contribution in [3.05, 3.63) is 35.4 Å².